The lowest BCUT2D eigenvalue weighted by molar-refractivity contribution is 0.241. The molecule has 1 aliphatic rings. The minimum atomic E-state index is -0.236. The van der Waals surface area contributed by atoms with Gasteiger partial charge in [-0.2, -0.15) is 0 Å². The molecule has 6 heteroatoms. The number of fused-ring (bicyclic) bond motifs is 2. The summed E-state index contributed by atoms with van der Waals surface area (Å²) in [6.07, 6.45) is 3.29. The number of nitrogens with one attached hydrogen (secondary N) is 2. The molecule has 2 aromatic carbocycles. The molecule has 1 heterocycles. The van der Waals surface area contributed by atoms with E-state index in [9.17, 15) is 4.79 Å². The minimum absolute atomic E-state index is 0.236. The molecule has 1 aliphatic heterocycles. The molecule has 0 radical (unpaired) electrons. The Kier molecular flexibility index (Phi) is 5.79. The third kappa shape index (κ3) is 4.24. The maximum Gasteiger partial charge on any atom is 0.336 e. The van der Waals surface area contributed by atoms with Gasteiger partial charge >= 0.3 is 6.03 Å². The average molecular weight is 360 g/mol. The summed E-state index contributed by atoms with van der Waals surface area (Å²) < 4.78 is 5.99. The molecule has 0 saturated carbocycles. The first-order valence-electron chi connectivity index (χ1n) is 8.54. The second-order valence-corrected chi connectivity index (χ2v) is 6.41. The van der Waals surface area contributed by atoms with Crippen molar-refractivity contribution in [2.45, 2.75) is 32.7 Å². The Morgan fingerprint density at radius 1 is 1.20 bits per heavy atom. The van der Waals surface area contributed by atoms with Crippen molar-refractivity contribution in [1.29, 1.82) is 0 Å². The molecular weight excluding hydrogens is 338 g/mol. The van der Waals surface area contributed by atoms with Crippen LogP contribution in [0, 0.1) is 0 Å². The molecule has 2 aromatic rings. The summed E-state index contributed by atoms with van der Waals surface area (Å²) in [4.78, 5) is 14.4. The van der Waals surface area contributed by atoms with Crippen LogP contribution in [-0.2, 0) is 6.54 Å². The maximum atomic E-state index is 12.7. The van der Waals surface area contributed by atoms with Gasteiger partial charge in [-0.25, -0.2) is 10.2 Å². The van der Waals surface area contributed by atoms with Crippen LogP contribution in [0.3, 0.4) is 0 Å². The molecule has 0 fully saturated rings. The fraction of sp³-hybridized carbons (Fsp3) is 0.316. The number of carbonyl (C=O) groups is 1. The first-order valence-corrected chi connectivity index (χ1v) is 8.92. The molecule has 0 saturated heterocycles. The van der Waals surface area contributed by atoms with Gasteiger partial charge in [0.15, 0.2) is 5.75 Å². The lowest BCUT2D eigenvalue weighted by atomic mass is 10.2. The van der Waals surface area contributed by atoms with Gasteiger partial charge in [0.05, 0.1) is 12.2 Å². The van der Waals surface area contributed by atoms with Gasteiger partial charge in [-0.15, -0.1) is 0 Å². The van der Waals surface area contributed by atoms with Crippen LogP contribution in [-0.4, -0.2) is 12.6 Å². The number of carbonyl (C=O) groups excluding carboxylic acids is 1. The van der Waals surface area contributed by atoms with Gasteiger partial charge in [-0.3, -0.25) is 10.3 Å². The van der Waals surface area contributed by atoms with Gasteiger partial charge in [0.2, 0.25) is 0 Å². The lowest BCUT2D eigenvalue weighted by Crippen LogP contribution is -2.46. The first kappa shape index (κ1) is 17.6. The summed E-state index contributed by atoms with van der Waals surface area (Å²) in [5.41, 5.74) is 7.35. The number of ether oxygens (including phenoxy) is 1. The van der Waals surface area contributed by atoms with E-state index in [0.717, 1.165) is 37.1 Å². The summed E-state index contributed by atoms with van der Waals surface area (Å²) in [5, 5.41) is 0.557. The Labute approximate surface area is 152 Å². The van der Waals surface area contributed by atoms with Crippen molar-refractivity contribution in [2.24, 2.45) is 0 Å². The van der Waals surface area contributed by atoms with E-state index in [0.29, 0.717) is 23.0 Å². The fourth-order valence-electron chi connectivity index (χ4n) is 2.75. The van der Waals surface area contributed by atoms with Crippen LogP contribution in [0.2, 0.25) is 5.02 Å². The summed E-state index contributed by atoms with van der Waals surface area (Å²) in [6, 6.07) is 12.8. The SMILES string of the molecule is CCCCCNNC(=O)N1Cc2ccccc2Oc2ccc(Cl)cc21. The quantitative estimate of drug-likeness (QED) is 0.592. The van der Waals surface area contributed by atoms with Crippen LogP contribution in [0.25, 0.3) is 0 Å². The summed E-state index contributed by atoms with van der Waals surface area (Å²) in [5.74, 6) is 1.35. The largest absolute Gasteiger partial charge is 0.455 e. The van der Waals surface area contributed by atoms with Crippen molar-refractivity contribution in [1.82, 2.24) is 10.9 Å². The zero-order chi connectivity index (χ0) is 17.6. The van der Waals surface area contributed by atoms with Crippen molar-refractivity contribution in [2.75, 3.05) is 11.4 Å². The van der Waals surface area contributed by atoms with Crippen LogP contribution in [0.1, 0.15) is 31.7 Å². The molecule has 2 amide bonds. The van der Waals surface area contributed by atoms with E-state index in [1.807, 2.05) is 24.3 Å². The van der Waals surface area contributed by atoms with E-state index in [1.165, 1.54) is 0 Å². The number of rotatable bonds is 5. The number of para-hydroxylation sites is 1. The highest BCUT2D eigenvalue weighted by Gasteiger charge is 2.25. The van der Waals surface area contributed by atoms with Crippen LogP contribution < -0.4 is 20.5 Å². The number of hydrazine groups is 1. The number of amides is 2. The molecule has 5 nitrogen and oxygen atoms in total. The Bertz CT molecular complexity index is 751. The standard InChI is InChI=1S/C19H22ClN3O2/c1-2-3-6-11-21-22-19(24)23-13-14-7-4-5-8-17(14)25-18-10-9-15(20)12-16(18)23/h4-5,7-10,12,21H,2-3,6,11,13H2,1H3,(H,22,24). The third-order valence-electron chi connectivity index (χ3n) is 4.08. The van der Waals surface area contributed by atoms with Gasteiger partial charge in [-0.05, 0) is 30.7 Å². The number of hydrogen-bond donors (Lipinski definition) is 2. The number of anilines is 1. The van der Waals surface area contributed by atoms with E-state index in [-0.39, 0.29) is 6.03 Å². The fourth-order valence-corrected chi connectivity index (χ4v) is 2.91. The van der Waals surface area contributed by atoms with Crippen molar-refractivity contribution in [3.05, 3.63) is 53.1 Å². The van der Waals surface area contributed by atoms with E-state index in [4.69, 9.17) is 16.3 Å². The van der Waals surface area contributed by atoms with E-state index >= 15 is 0 Å². The number of urea groups is 1. The van der Waals surface area contributed by atoms with Gasteiger partial charge in [0, 0.05) is 17.1 Å². The highest BCUT2D eigenvalue weighted by Crippen LogP contribution is 2.40. The Morgan fingerprint density at radius 2 is 2.04 bits per heavy atom. The third-order valence-corrected chi connectivity index (χ3v) is 4.31. The van der Waals surface area contributed by atoms with Gasteiger partial charge in [0.25, 0.3) is 0 Å². The highest BCUT2D eigenvalue weighted by atomic mass is 35.5. The summed E-state index contributed by atoms with van der Waals surface area (Å²) in [7, 11) is 0. The van der Waals surface area contributed by atoms with Gasteiger partial charge in [-0.1, -0.05) is 49.6 Å². The first-order chi connectivity index (χ1) is 12.2. The average Bonchev–Trinajstić information content (AvgIpc) is 2.78. The molecule has 132 valence electrons. The molecule has 0 aliphatic carbocycles. The van der Waals surface area contributed by atoms with Crippen molar-refractivity contribution in [3.63, 3.8) is 0 Å². The maximum absolute atomic E-state index is 12.7. The van der Waals surface area contributed by atoms with Gasteiger partial charge in [0.1, 0.15) is 5.75 Å². The number of hydrogen-bond acceptors (Lipinski definition) is 3. The Morgan fingerprint density at radius 3 is 2.88 bits per heavy atom. The van der Waals surface area contributed by atoms with Crippen molar-refractivity contribution < 1.29 is 9.53 Å². The summed E-state index contributed by atoms with van der Waals surface area (Å²) >= 11 is 6.14. The normalized spacial score (nSPS) is 12.6. The van der Waals surface area contributed by atoms with Crippen LogP contribution in [0.4, 0.5) is 10.5 Å². The Hall–Kier alpha value is -2.24. The monoisotopic (exact) mass is 359 g/mol. The van der Waals surface area contributed by atoms with Gasteiger partial charge < -0.3 is 4.74 Å². The van der Waals surface area contributed by atoms with Crippen LogP contribution >= 0.6 is 11.6 Å². The molecule has 0 bridgehead atoms. The molecule has 0 spiro atoms. The smallest absolute Gasteiger partial charge is 0.336 e. The lowest BCUT2D eigenvalue weighted by Gasteiger charge is -2.22. The van der Waals surface area contributed by atoms with Crippen molar-refractivity contribution >= 4 is 23.3 Å². The molecule has 0 atom stereocenters. The second kappa shape index (κ2) is 8.23. The molecule has 3 rings (SSSR count). The van der Waals surface area contributed by atoms with E-state index in [1.54, 1.807) is 23.1 Å². The van der Waals surface area contributed by atoms with Crippen LogP contribution in [0.5, 0.6) is 11.5 Å². The number of unbranched alkanes of at least 4 members (excludes halogenated alkanes) is 2. The highest BCUT2D eigenvalue weighted by molar-refractivity contribution is 6.31. The predicted molar refractivity (Wildman–Crippen MR) is 100 cm³/mol. The second-order valence-electron chi connectivity index (χ2n) is 5.97. The number of nitrogens with zero attached hydrogens (tertiary/aromatic N) is 1. The van der Waals surface area contributed by atoms with E-state index in [2.05, 4.69) is 17.8 Å². The molecule has 0 unspecified atom stereocenters. The topological polar surface area (TPSA) is 53.6 Å². The molecular formula is C19H22ClN3O2. The zero-order valence-corrected chi connectivity index (χ0v) is 15.0. The zero-order valence-electron chi connectivity index (χ0n) is 14.2. The van der Waals surface area contributed by atoms with E-state index < -0.39 is 0 Å². The summed E-state index contributed by atoms with van der Waals surface area (Å²) in [6.45, 7) is 3.29. The number of halogens is 1. The minimum Gasteiger partial charge on any atom is -0.455 e. The molecule has 0 aromatic heterocycles. The predicted octanol–water partition coefficient (Wildman–Crippen LogP) is 4.86. The molecule has 25 heavy (non-hydrogen) atoms. The Balaban J connectivity index is 1.82. The number of benzene rings is 2. The molecule has 2 N–H and O–H groups in total. The van der Waals surface area contributed by atoms with Crippen LogP contribution in [0.15, 0.2) is 42.5 Å². The van der Waals surface area contributed by atoms with Crippen molar-refractivity contribution in [3.8, 4) is 11.5 Å².